The Morgan fingerprint density at radius 3 is 3.06 bits per heavy atom. The van der Waals surface area contributed by atoms with E-state index in [9.17, 15) is 9.50 Å². The third-order valence-corrected chi connectivity index (χ3v) is 2.76. The van der Waals surface area contributed by atoms with Gasteiger partial charge in [0, 0.05) is 31.0 Å². The van der Waals surface area contributed by atoms with Crippen LogP contribution in [0.25, 0.3) is 0 Å². The van der Waals surface area contributed by atoms with E-state index in [2.05, 4.69) is 4.98 Å². The molecule has 1 N–H and O–H groups in total. The van der Waals surface area contributed by atoms with E-state index in [-0.39, 0.29) is 18.3 Å². The Labute approximate surface area is 100 Å². The molecule has 1 unspecified atom stereocenters. The lowest BCUT2D eigenvalue weighted by Crippen LogP contribution is -2.54. The van der Waals surface area contributed by atoms with Gasteiger partial charge >= 0.3 is 0 Å². The molecule has 4 nitrogen and oxygen atoms in total. The molecule has 0 radical (unpaired) electrons. The third kappa shape index (κ3) is 2.92. The number of halogens is 1. The number of aliphatic hydroxyl groups excluding tert-OH is 1. The summed E-state index contributed by atoms with van der Waals surface area (Å²) in [6, 6.07) is 3.16. The Morgan fingerprint density at radius 2 is 2.41 bits per heavy atom. The summed E-state index contributed by atoms with van der Waals surface area (Å²) in [6.07, 6.45) is 1.20. The van der Waals surface area contributed by atoms with Gasteiger partial charge in [-0.05, 0) is 19.9 Å². The Bertz CT molecular complexity index is 398. The van der Waals surface area contributed by atoms with Gasteiger partial charge < -0.3 is 14.7 Å². The molecule has 94 valence electrons. The fourth-order valence-electron chi connectivity index (χ4n) is 2.18. The highest BCUT2D eigenvalue weighted by atomic mass is 19.1. The minimum Gasteiger partial charge on any atom is -0.394 e. The highest BCUT2D eigenvalue weighted by Crippen LogP contribution is 2.25. The number of nitrogens with zero attached hydrogens (tertiary/aromatic N) is 2. The number of hydrogen-bond acceptors (Lipinski definition) is 4. The first-order valence-corrected chi connectivity index (χ1v) is 5.65. The summed E-state index contributed by atoms with van der Waals surface area (Å²) in [5.74, 6) is -0.493. The van der Waals surface area contributed by atoms with E-state index >= 15 is 0 Å². The van der Waals surface area contributed by atoms with E-state index in [0.717, 1.165) is 5.69 Å². The number of morpholine rings is 1. The van der Waals surface area contributed by atoms with Crippen LogP contribution in [0, 0.1) is 5.95 Å². The van der Waals surface area contributed by atoms with Gasteiger partial charge in [-0.3, -0.25) is 0 Å². The lowest BCUT2D eigenvalue weighted by molar-refractivity contribution is -0.101. The molecule has 0 aromatic carbocycles. The molecule has 2 heterocycles. The first-order valence-electron chi connectivity index (χ1n) is 5.65. The Kier molecular flexibility index (Phi) is 3.31. The van der Waals surface area contributed by atoms with Crippen LogP contribution in [0.3, 0.4) is 0 Å². The highest BCUT2D eigenvalue weighted by molar-refractivity contribution is 5.46. The molecule has 1 aromatic heterocycles. The lowest BCUT2D eigenvalue weighted by atomic mass is 10.0. The quantitative estimate of drug-likeness (QED) is 0.789. The van der Waals surface area contributed by atoms with E-state index in [0.29, 0.717) is 13.1 Å². The van der Waals surface area contributed by atoms with Crippen LogP contribution in [0.4, 0.5) is 10.1 Å². The SMILES string of the molecule is CC1(C)CN(c2ccnc(F)c2)CC(CO)O1. The summed E-state index contributed by atoms with van der Waals surface area (Å²) >= 11 is 0. The van der Waals surface area contributed by atoms with Crippen LogP contribution in [0.15, 0.2) is 18.3 Å². The van der Waals surface area contributed by atoms with Gasteiger partial charge in [0.25, 0.3) is 0 Å². The highest BCUT2D eigenvalue weighted by Gasteiger charge is 2.33. The standard InChI is InChI=1S/C12H17FN2O2/c1-12(2)8-15(6-10(7-16)17-12)9-3-4-14-11(13)5-9/h3-5,10,16H,6-8H2,1-2H3. The molecule has 5 heteroatoms. The largest absolute Gasteiger partial charge is 0.394 e. The Morgan fingerprint density at radius 1 is 1.65 bits per heavy atom. The predicted molar refractivity (Wildman–Crippen MR) is 62.4 cm³/mol. The second-order valence-electron chi connectivity index (χ2n) is 4.90. The number of ether oxygens (including phenoxy) is 1. The molecule has 2 rings (SSSR count). The molecular weight excluding hydrogens is 223 g/mol. The number of rotatable bonds is 2. The molecule has 0 saturated carbocycles. The van der Waals surface area contributed by atoms with Gasteiger partial charge in [-0.2, -0.15) is 4.39 Å². The van der Waals surface area contributed by atoms with E-state index in [1.54, 1.807) is 6.07 Å². The van der Waals surface area contributed by atoms with E-state index < -0.39 is 5.95 Å². The number of pyridine rings is 1. The minimum absolute atomic E-state index is 0.0342. The summed E-state index contributed by atoms with van der Waals surface area (Å²) in [6.45, 7) is 5.10. The van der Waals surface area contributed by atoms with Gasteiger partial charge in [0.15, 0.2) is 0 Å². The van der Waals surface area contributed by atoms with Crippen molar-refractivity contribution in [3.63, 3.8) is 0 Å². The van der Waals surface area contributed by atoms with Gasteiger partial charge in [-0.15, -0.1) is 0 Å². The van der Waals surface area contributed by atoms with E-state index in [1.807, 2.05) is 18.7 Å². The maximum absolute atomic E-state index is 13.1. The van der Waals surface area contributed by atoms with Crippen LogP contribution in [0.2, 0.25) is 0 Å². The first kappa shape index (κ1) is 12.3. The Hall–Kier alpha value is -1.20. The van der Waals surface area contributed by atoms with E-state index in [4.69, 9.17) is 4.74 Å². The van der Waals surface area contributed by atoms with Crippen molar-refractivity contribution in [2.24, 2.45) is 0 Å². The smallest absolute Gasteiger partial charge is 0.214 e. The van der Waals surface area contributed by atoms with Crippen molar-refractivity contribution in [2.45, 2.75) is 25.6 Å². The number of hydrogen-bond donors (Lipinski definition) is 1. The number of aliphatic hydroxyl groups is 1. The molecule has 1 saturated heterocycles. The van der Waals surface area contributed by atoms with Crippen LogP contribution >= 0.6 is 0 Å². The van der Waals surface area contributed by atoms with Crippen molar-refractivity contribution in [3.05, 3.63) is 24.3 Å². The fraction of sp³-hybridized carbons (Fsp3) is 0.583. The molecule has 1 fully saturated rings. The monoisotopic (exact) mass is 240 g/mol. The number of aromatic nitrogens is 1. The zero-order valence-corrected chi connectivity index (χ0v) is 10.1. The van der Waals surface area contributed by atoms with Crippen molar-refractivity contribution in [2.75, 3.05) is 24.6 Å². The van der Waals surface area contributed by atoms with Crippen molar-refractivity contribution >= 4 is 5.69 Å². The van der Waals surface area contributed by atoms with Crippen molar-refractivity contribution in [1.29, 1.82) is 0 Å². The van der Waals surface area contributed by atoms with Gasteiger partial charge in [0.05, 0.1) is 18.3 Å². The van der Waals surface area contributed by atoms with Crippen LogP contribution in [0.1, 0.15) is 13.8 Å². The normalized spacial score (nSPS) is 23.8. The number of anilines is 1. The van der Waals surface area contributed by atoms with E-state index in [1.165, 1.54) is 12.3 Å². The summed E-state index contributed by atoms with van der Waals surface area (Å²) < 4.78 is 18.8. The molecule has 1 atom stereocenters. The van der Waals surface area contributed by atoms with Gasteiger partial charge in [-0.25, -0.2) is 4.98 Å². The zero-order valence-electron chi connectivity index (χ0n) is 10.1. The first-order chi connectivity index (χ1) is 8.00. The maximum Gasteiger partial charge on any atom is 0.214 e. The predicted octanol–water partition coefficient (Wildman–Crippen LogP) is 1.20. The summed E-state index contributed by atoms with van der Waals surface area (Å²) in [4.78, 5) is 5.55. The van der Waals surface area contributed by atoms with Crippen LogP contribution in [-0.4, -0.2) is 41.5 Å². The van der Waals surface area contributed by atoms with Gasteiger partial charge in [-0.1, -0.05) is 0 Å². The molecule has 1 aliphatic rings. The van der Waals surface area contributed by atoms with Gasteiger partial charge in [0.1, 0.15) is 0 Å². The molecule has 17 heavy (non-hydrogen) atoms. The topological polar surface area (TPSA) is 45.6 Å². The zero-order chi connectivity index (χ0) is 12.5. The summed E-state index contributed by atoms with van der Waals surface area (Å²) in [7, 11) is 0. The Balaban J connectivity index is 2.20. The second-order valence-corrected chi connectivity index (χ2v) is 4.90. The van der Waals surface area contributed by atoms with Crippen molar-refractivity contribution in [3.8, 4) is 0 Å². The molecular formula is C12H17FN2O2. The molecule has 0 amide bonds. The lowest BCUT2D eigenvalue weighted by Gasteiger charge is -2.43. The average molecular weight is 240 g/mol. The van der Waals surface area contributed by atoms with Gasteiger partial charge in [0.2, 0.25) is 5.95 Å². The summed E-state index contributed by atoms with van der Waals surface area (Å²) in [5.41, 5.74) is 0.415. The van der Waals surface area contributed by atoms with Crippen molar-refractivity contribution < 1.29 is 14.2 Å². The van der Waals surface area contributed by atoms with Crippen LogP contribution in [0.5, 0.6) is 0 Å². The average Bonchev–Trinajstić information content (AvgIpc) is 2.27. The molecule has 1 aromatic rings. The minimum atomic E-state index is -0.493. The fourth-order valence-corrected chi connectivity index (χ4v) is 2.18. The second kappa shape index (κ2) is 4.58. The van der Waals surface area contributed by atoms with Crippen molar-refractivity contribution in [1.82, 2.24) is 4.98 Å². The molecule has 1 aliphatic heterocycles. The third-order valence-electron chi connectivity index (χ3n) is 2.76. The van der Waals surface area contributed by atoms with Crippen LogP contribution < -0.4 is 4.90 Å². The molecule has 0 spiro atoms. The maximum atomic E-state index is 13.1. The van der Waals surface area contributed by atoms with Crippen LogP contribution in [-0.2, 0) is 4.74 Å². The molecule has 0 bridgehead atoms. The summed E-state index contributed by atoms with van der Waals surface area (Å²) in [5, 5.41) is 9.20. The molecule has 0 aliphatic carbocycles.